The molecule has 0 radical (unpaired) electrons. The molecule has 0 saturated heterocycles. The van der Waals surface area contributed by atoms with E-state index in [-0.39, 0.29) is 23.5 Å². The Hall–Kier alpha value is -4.46. The van der Waals surface area contributed by atoms with E-state index in [1.54, 1.807) is 11.0 Å². The van der Waals surface area contributed by atoms with Crippen molar-refractivity contribution in [2.24, 2.45) is 0 Å². The van der Waals surface area contributed by atoms with Crippen molar-refractivity contribution in [1.29, 1.82) is 0 Å². The molecule has 1 atom stereocenters. The van der Waals surface area contributed by atoms with E-state index in [0.717, 1.165) is 16.8 Å². The van der Waals surface area contributed by atoms with Gasteiger partial charge in [0, 0.05) is 17.8 Å². The van der Waals surface area contributed by atoms with Crippen molar-refractivity contribution >= 4 is 11.6 Å². The highest BCUT2D eigenvalue weighted by molar-refractivity contribution is 5.86. The number of rotatable bonds is 7. The van der Waals surface area contributed by atoms with Crippen molar-refractivity contribution in [3.05, 3.63) is 107 Å². The summed E-state index contributed by atoms with van der Waals surface area (Å²) in [5.41, 5.74) is 3.89. The molecule has 0 fully saturated rings. The summed E-state index contributed by atoms with van der Waals surface area (Å²) in [6.45, 7) is 2.36. The summed E-state index contributed by atoms with van der Waals surface area (Å²) in [5, 5.41) is 7.20. The molecule has 2 amide bonds. The van der Waals surface area contributed by atoms with Crippen LogP contribution in [0, 0.1) is 5.82 Å². The van der Waals surface area contributed by atoms with Crippen LogP contribution in [0.4, 0.5) is 9.18 Å². The topological polar surface area (TPSA) is 80.5 Å². The number of nitrogens with zero attached hydrogens (tertiary/aromatic N) is 3. The molecule has 1 aliphatic heterocycles. The van der Waals surface area contributed by atoms with E-state index in [9.17, 15) is 9.18 Å². The Balaban J connectivity index is 1.53. The number of aromatic nitrogens is 2. The first kappa shape index (κ1) is 23.3. The predicted octanol–water partition coefficient (Wildman–Crippen LogP) is 5.62. The van der Waals surface area contributed by atoms with Crippen LogP contribution in [-0.4, -0.2) is 34.7 Å². The number of ether oxygens (including phenoxy) is 1. The molecular formula is C28H25FN4O3. The van der Waals surface area contributed by atoms with Crippen LogP contribution in [0.1, 0.15) is 30.0 Å². The van der Waals surface area contributed by atoms with Gasteiger partial charge in [-0.1, -0.05) is 65.8 Å². The molecule has 1 unspecified atom stereocenters. The summed E-state index contributed by atoms with van der Waals surface area (Å²) < 4.78 is 25.0. The van der Waals surface area contributed by atoms with Crippen LogP contribution in [0.2, 0.25) is 0 Å². The zero-order valence-electron chi connectivity index (χ0n) is 19.9. The number of hydrogen-bond acceptors (Lipinski definition) is 5. The molecule has 0 aliphatic carbocycles. The third kappa shape index (κ3) is 4.57. The van der Waals surface area contributed by atoms with Crippen LogP contribution in [0.25, 0.3) is 17.0 Å². The van der Waals surface area contributed by atoms with Crippen molar-refractivity contribution < 1.29 is 18.4 Å². The largest absolute Gasteiger partial charge is 0.494 e. The average Bonchev–Trinajstić information content (AvgIpc) is 3.39. The second-order valence-electron chi connectivity index (χ2n) is 8.45. The van der Waals surface area contributed by atoms with Gasteiger partial charge in [0.25, 0.3) is 5.89 Å². The summed E-state index contributed by atoms with van der Waals surface area (Å²) in [6.07, 6.45) is 0.690. The molecule has 4 aromatic rings. The molecule has 1 aliphatic rings. The average molecular weight is 485 g/mol. The first-order valence-corrected chi connectivity index (χ1v) is 11.6. The number of carbonyl (C=O) groups excluding carboxylic acids is 1. The van der Waals surface area contributed by atoms with Crippen LogP contribution < -0.4 is 10.1 Å². The molecule has 7 nitrogen and oxygen atoms in total. The van der Waals surface area contributed by atoms with Gasteiger partial charge in [0.15, 0.2) is 11.6 Å². The van der Waals surface area contributed by atoms with Gasteiger partial charge < -0.3 is 14.6 Å². The van der Waals surface area contributed by atoms with Crippen molar-refractivity contribution in [2.45, 2.75) is 19.4 Å². The van der Waals surface area contributed by atoms with Crippen LogP contribution in [0.5, 0.6) is 5.75 Å². The quantitative estimate of drug-likeness (QED) is 0.368. The summed E-state index contributed by atoms with van der Waals surface area (Å²) in [4.78, 5) is 19.4. The van der Waals surface area contributed by atoms with Gasteiger partial charge in [-0.05, 0) is 42.7 Å². The minimum Gasteiger partial charge on any atom is -0.494 e. The molecule has 0 bridgehead atoms. The zero-order valence-corrected chi connectivity index (χ0v) is 19.9. The molecule has 2 heterocycles. The lowest BCUT2D eigenvalue weighted by Crippen LogP contribution is -2.46. The number of methoxy groups -OCH3 is 1. The number of amides is 2. The highest BCUT2D eigenvalue weighted by Gasteiger charge is 2.35. The van der Waals surface area contributed by atoms with Crippen LogP contribution in [0.15, 0.2) is 89.1 Å². The van der Waals surface area contributed by atoms with Gasteiger partial charge in [-0.25, -0.2) is 9.18 Å². The maximum Gasteiger partial charge on any atom is 0.322 e. The van der Waals surface area contributed by atoms with E-state index in [1.165, 1.54) is 19.2 Å². The first-order valence-electron chi connectivity index (χ1n) is 11.6. The van der Waals surface area contributed by atoms with Gasteiger partial charge in [-0.15, -0.1) is 0 Å². The summed E-state index contributed by atoms with van der Waals surface area (Å²) in [6, 6.07) is 23.4. The van der Waals surface area contributed by atoms with E-state index >= 15 is 0 Å². The molecule has 1 N–H and O–H groups in total. The molecule has 1 aromatic heterocycles. The van der Waals surface area contributed by atoms with Crippen molar-refractivity contribution in [2.75, 3.05) is 13.7 Å². The number of allylic oxidation sites excluding steroid dienone is 1. The lowest BCUT2D eigenvalue weighted by molar-refractivity contribution is 0.205. The van der Waals surface area contributed by atoms with Gasteiger partial charge in [0.05, 0.1) is 18.7 Å². The fourth-order valence-electron chi connectivity index (χ4n) is 4.36. The van der Waals surface area contributed by atoms with Crippen molar-refractivity contribution in [1.82, 2.24) is 20.4 Å². The molecular weight excluding hydrogens is 459 g/mol. The van der Waals surface area contributed by atoms with E-state index in [2.05, 4.69) is 15.5 Å². The maximum absolute atomic E-state index is 14.3. The van der Waals surface area contributed by atoms with Gasteiger partial charge >= 0.3 is 6.03 Å². The van der Waals surface area contributed by atoms with Crippen LogP contribution >= 0.6 is 0 Å². The number of halogens is 1. The third-order valence-electron chi connectivity index (χ3n) is 6.26. The minimum absolute atomic E-state index is 0.134. The first-order chi connectivity index (χ1) is 17.5. The highest BCUT2D eigenvalue weighted by atomic mass is 19.1. The number of carbonyl (C=O) groups is 1. The minimum atomic E-state index is -0.518. The summed E-state index contributed by atoms with van der Waals surface area (Å²) >= 11 is 0. The summed E-state index contributed by atoms with van der Waals surface area (Å²) in [5.74, 6) is 0.119. The second kappa shape index (κ2) is 10.0. The van der Waals surface area contributed by atoms with Gasteiger partial charge in [0.1, 0.15) is 0 Å². The SMILES string of the molecule is COc1ccc(-c2noc(C3=C(C)N(CCc4ccccc4)C(=O)NC3c3ccccc3)n2)cc1F. The molecule has 36 heavy (non-hydrogen) atoms. The van der Waals surface area contributed by atoms with Crippen molar-refractivity contribution in [3.8, 4) is 17.1 Å². The van der Waals surface area contributed by atoms with Gasteiger partial charge in [-0.3, -0.25) is 4.90 Å². The fourth-order valence-corrected chi connectivity index (χ4v) is 4.36. The Kier molecular flexibility index (Phi) is 6.49. The van der Waals surface area contributed by atoms with Gasteiger partial charge in [-0.2, -0.15) is 4.98 Å². The second-order valence-corrected chi connectivity index (χ2v) is 8.45. The summed E-state index contributed by atoms with van der Waals surface area (Å²) in [7, 11) is 1.41. The lowest BCUT2D eigenvalue weighted by atomic mass is 9.94. The van der Waals surface area contributed by atoms with E-state index in [4.69, 9.17) is 9.26 Å². The Morgan fingerprint density at radius 2 is 1.78 bits per heavy atom. The molecule has 8 heteroatoms. The smallest absolute Gasteiger partial charge is 0.322 e. The molecule has 5 rings (SSSR count). The molecule has 0 saturated carbocycles. The number of nitrogens with one attached hydrogen (secondary N) is 1. The van der Waals surface area contributed by atoms with Gasteiger partial charge in [0.2, 0.25) is 5.82 Å². The molecule has 3 aromatic carbocycles. The monoisotopic (exact) mass is 484 g/mol. The highest BCUT2D eigenvalue weighted by Crippen LogP contribution is 2.37. The Bertz CT molecular complexity index is 1400. The van der Waals surface area contributed by atoms with Crippen molar-refractivity contribution in [3.63, 3.8) is 0 Å². The van der Waals surface area contributed by atoms with Crippen LogP contribution in [-0.2, 0) is 6.42 Å². The Labute approximate surface area is 208 Å². The normalized spacial score (nSPS) is 15.7. The molecule has 182 valence electrons. The Morgan fingerprint density at radius 3 is 2.47 bits per heavy atom. The number of hydrogen-bond donors (Lipinski definition) is 1. The standard InChI is InChI=1S/C28H25FN4O3/c1-18-24(27-31-26(32-36-27)21-13-14-23(35-2)22(29)17-21)25(20-11-7-4-8-12-20)30-28(34)33(18)16-15-19-9-5-3-6-10-19/h3-14,17,25H,15-16H2,1-2H3,(H,30,34). The fraction of sp³-hybridized carbons (Fsp3) is 0.179. The maximum atomic E-state index is 14.3. The zero-order chi connectivity index (χ0) is 25.1. The molecule has 0 spiro atoms. The predicted molar refractivity (Wildman–Crippen MR) is 133 cm³/mol. The lowest BCUT2D eigenvalue weighted by Gasteiger charge is -2.35. The van der Waals surface area contributed by atoms with E-state index in [0.29, 0.717) is 24.1 Å². The Morgan fingerprint density at radius 1 is 1.06 bits per heavy atom. The van der Waals surface area contributed by atoms with E-state index < -0.39 is 11.9 Å². The van der Waals surface area contributed by atoms with Crippen LogP contribution in [0.3, 0.4) is 0 Å². The third-order valence-corrected chi connectivity index (χ3v) is 6.26. The number of benzene rings is 3. The number of urea groups is 1. The van der Waals surface area contributed by atoms with E-state index in [1.807, 2.05) is 67.6 Å².